The molecule has 288 valence electrons. The number of carbonyl (C=O) groups is 2. The maximum atomic E-state index is 12.9. The van der Waals surface area contributed by atoms with Gasteiger partial charge in [-0.2, -0.15) is 10.2 Å². The molecule has 0 bridgehead atoms. The van der Waals surface area contributed by atoms with Gasteiger partial charge in [0.25, 0.3) is 11.1 Å². The number of aryl methyl sites for hydroxylation is 2. The van der Waals surface area contributed by atoms with Gasteiger partial charge in [0.2, 0.25) is 0 Å². The number of hydrogen-bond donors (Lipinski definition) is 1. The molecule has 4 aliphatic carbocycles. The largest absolute Gasteiger partial charge is 0.461 e. The van der Waals surface area contributed by atoms with Crippen molar-refractivity contribution < 1.29 is 35.9 Å². The van der Waals surface area contributed by atoms with Crippen LogP contribution in [0.3, 0.4) is 0 Å². The lowest BCUT2D eigenvalue weighted by Gasteiger charge is -2.17. The highest BCUT2D eigenvalue weighted by Gasteiger charge is 2.60. The minimum absolute atomic E-state index is 0.0162. The predicted molar refractivity (Wildman–Crippen MR) is 200 cm³/mol. The third-order valence-corrected chi connectivity index (χ3v) is 17.8. The lowest BCUT2D eigenvalue weighted by atomic mass is 10.2. The van der Waals surface area contributed by atoms with Crippen molar-refractivity contribution in [3.05, 3.63) is 56.6 Å². The maximum absolute atomic E-state index is 12.9. The van der Waals surface area contributed by atoms with Gasteiger partial charge in [-0.3, -0.25) is 19.0 Å². The van der Waals surface area contributed by atoms with E-state index in [1.807, 2.05) is 0 Å². The Morgan fingerprint density at radius 1 is 0.811 bits per heavy atom. The van der Waals surface area contributed by atoms with Gasteiger partial charge in [0.1, 0.15) is 11.0 Å². The molecule has 53 heavy (non-hydrogen) atoms. The molecule has 16 nitrogen and oxygen atoms in total. The summed E-state index contributed by atoms with van der Waals surface area (Å²) in [5.74, 6) is -1.09. The Morgan fingerprint density at radius 3 is 1.74 bits per heavy atom. The van der Waals surface area contributed by atoms with Gasteiger partial charge >= 0.3 is 11.9 Å². The molecule has 8 rings (SSSR count). The lowest BCUT2D eigenvalue weighted by Crippen LogP contribution is -2.35. The number of fused-ring (bicyclic) bond motifs is 2. The number of pyridine rings is 2. The summed E-state index contributed by atoms with van der Waals surface area (Å²) >= 11 is 3.29. The molecule has 0 aliphatic heterocycles. The number of ether oxygens (including phenoxy) is 2. The SMILES string of the molecule is CCOC(=O)c1nn(C)c2c(=O)[nH]ccc12.CCOC(=O)c1nn(C)c2c(=O)n(CC3(S(=O)(=O)C4CC4)CC3)ccc12.O=S(=O)(C1CC1)C1(CBr)CC1. The quantitative estimate of drug-likeness (QED) is 0.171. The first-order chi connectivity index (χ1) is 25.1. The van der Waals surface area contributed by atoms with Gasteiger partial charge in [0, 0.05) is 49.1 Å². The monoisotopic (exact) mass is 838 g/mol. The molecule has 1 N–H and O–H groups in total. The van der Waals surface area contributed by atoms with E-state index in [1.165, 1.54) is 20.1 Å². The highest BCUT2D eigenvalue weighted by atomic mass is 79.9. The van der Waals surface area contributed by atoms with Crippen molar-refractivity contribution in [3.8, 4) is 0 Å². The molecule has 0 saturated heterocycles. The fourth-order valence-corrected chi connectivity index (χ4v) is 12.7. The van der Waals surface area contributed by atoms with E-state index in [2.05, 4.69) is 31.1 Å². The zero-order valence-electron chi connectivity index (χ0n) is 30.0. The molecular weight excluding hydrogens is 796 g/mol. The number of aromatic amines is 1. The second kappa shape index (κ2) is 14.4. The van der Waals surface area contributed by atoms with Crippen LogP contribution in [0.2, 0.25) is 0 Å². The summed E-state index contributed by atoms with van der Waals surface area (Å²) in [7, 11) is -2.76. The number of sulfone groups is 2. The molecule has 0 aromatic carbocycles. The molecule has 0 unspecified atom stereocenters. The van der Waals surface area contributed by atoms with E-state index in [4.69, 9.17) is 9.47 Å². The van der Waals surface area contributed by atoms with Crippen LogP contribution < -0.4 is 11.1 Å². The molecule has 19 heteroatoms. The van der Waals surface area contributed by atoms with Crippen LogP contribution >= 0.6 is 15.9 Å². The van der Waals surface area contributed by atoms with Crippen LogP contribution in [-0.4, -0.2) is 96.4 Å². The van der Waals surface area contributed by atoms with Crippen molar-refractivity contribution >= 4 is 69.3 Å². The number of halogens is 1. The zero-order chi connectivity index (χ0) is 38.5. The minimum atomic E-state index is -3.20. The van der Waals surface area contributed by atoms with Gasteiger partial charge in [-0.25, -0.2) is 26.4 Å². The van der Waals surface area contributed by atoms with E-state index >= 15 is 0 Å². The first-order valence-electron chi connectivity index (χ1n) is 17.6. The predicted octanol–water partition coefficient (Wildman–Crippen LogP) is 2.95. The number of esters is 2. The Morgan fingerprint density at radius 2 is 1.28 bits per heavy atom. The second-order valence-electron chi connectivity index (χ2n) is 14.0. The third kappa shape index (κ3) is 7.23. The molecule has 4 heterocycles. The molecule has 0 atom stereocenters. The smallest absolute Gasteiger partial charge is 0.359 e. The van der Waals surface area contributed by atoms with E-state index in [9.17, 15) is 36.0 Å². The molecule has 4 aromatic heterocycles. The molecule has 4 saturated carbocycles. The van der Waals surface area contributed by atoms with E-state index in [-0.39, 0.29) is 63.0 Å². The number of hydrogen-bond acceptors (Lipinski definition) is 12. The van der Waals surface area contributed by atoms with Crippen LogP contribution in [0.4, 0.5) is 0 Å². The first-order valence-corrected chi connectivity index (χ1v) is 21.8. The van der Waals surface area contributed by atoms with Crippen LogP contribution in [0.15, 0.2) is 34.1 Å². The number of H-pyrrole nitrogens is 1. The summed E-state index contributed by atoms with van der Waals surface area (Å²) in [5, 5.41) is 9.45. The van der Waals surface area contributed by atoms with Crippen molar-refractivity contribution in [2.45, 2.75) is 91.8 Å². The Hall–Kier alpha value is -3.84. The molecule has 0 spiro atoms. The number of rotatable bonds is 11. The van der Waals surface area contributed by atoms with Crippen molar-refractivity contribution in [1.82, 2.24) is 29.1 Å². The van der Waals surface area contributed by atoms with Crippen LogP contribution in [0, 0.1) is 0 Å². The summed E-state index contributed by atoms with van der Waals surface area (Å²) in [6.07, 6.45) is 9.21. The van der Waals surface area contributed by atoms with E-state index in [0.29, 0.717) is 34.5 Å². The Bertz CT molecular complexity index is 2420. The van der Waals surface area contributed by atoms with Crippen molar-refractivity contribution in [1.29, 1.82) is 0 Å². The zero-order valence-corrected chi connectivity index (χ0v) is 33.2. The highest BCUT2D eigenvalue weighted by Crippen LogP contribution is 2.52. The number of carbonyl (C=O) groups excluding carboxylic acids is 2. The fourth-order valence-electron chi connectivity index (χ4n) is 6.46. The molecule has 4 aromatic rings. The van der Waals surface area contributed by atoms with E-state index < -0.39 is 36.4 Å². The summed E-state index contributed by atoms with van der Waals surface area (Å²) < 4.78 is 61.6. The van der Waals surface area contributed by atoms with Crippen molar-refractivity contribution in [2.24, 2.45) is 14.1 Å². The van der Waals surface area contributed by atoms with Crippen LogP contribution in [0.5, 0.6) is 0 Å². The Balaban J connectivity index is 0.000000151. The lowest BCUT2D eigenvalue weighted by molar-refractivity contribution is 0.0511. The maximum Gasteiger partial charge on any atom is 0.359 e. The van der Waals surface area contributed by atoms with Gasteiger partial charge in [0.05, 0.1) is 33.2 Å². The Labute approximate surface area is 314 Å². The standard InChI is InChI=1S/C17H21N3O5S.C10H11N3O3.C7H11BrO2S/c1-3-25-16(22)13-12-6-9-20(15(21)14(12)19(2)18-13)10-17(7-8-17)26(23,24)11-4-5-11;1-3-16-10(15)7-6-4-5-11-9(14)8(6)13(2)12-7;8-5-7(3-4-7)11(9,10)6-1-2-6/h6,9,11H,3-5,7-8,10H2,1-2H3;4-5H,3H2,1-2H3,(H,11,14);6H,1-5H2. The van der Waals surface area contributed by atoms with Gasteiger partial charge in [-0.15, -0.1) is 0 Å². The summed E-state index contributed by atoms with van der Waals surface area (Å²) in [5.41, 5.74) is 0.292. The van der Waals surface area contributed by atoms with E-state index in [0.717, 1.165) is 38.5 Å². The van der Waals surface area contributed by atoms with Crippen molar-refractivity contribution in [3.63, 3.8) is 0 Å². The Kier molecular flexibility index (Phi) is 10.6. The first kappa shape index (κ1) is 38.9. The summed E-state index contributed by atoms with van der Waals surface area (Å²) in [6.45, 7) is 4.07. The molecular formula is C34H43BrN6O10S2. The van der Waals surface area contributed by atoms with Gasteiger partial charge in [0.15, 0.2) is 31.1 Å². The molecule has 4 fully saturated rings. The highest BCUT2D eigenvalue weighted by molar-refractivity contribution is 9.09. The summed E-state index contributed by atoms with van der Waals surface area (Å²) in [4.78, 5) is 50.6. The van der Waals surface area contributed by atoms with Gasteiger partial charge in [-0.1, -0.05) is 15.9 Å². The molecule has 0 radical (unpaired) electrons. The van der Waals surface area contributed by atoms with Gasteiger partial charge < -0.3 is 19.0 Å². The van der Waals surface area contributed by atoms with Crippen LogP contribution in [0.25, 0.3) is 21.8 Å². The van der Waals surface area contributed by atoms with Crippen LogP contribution in [0.1, 0.15) is 86.2 Å². The van der Waals surface area contributed by atoms with E-state index in [1.54, 1.807) is 46.3 Å². The third-order valence-electron chi connectivity index (χ3n) is 10.1. The van der Waals surface area contributed by atoms with Crippen molar-refractivity contribution in [2.75, 3.05) is 18.5 Å². The minimum Gasteiger partial charge on any atom is -0.461 e. The number of aromatic nitrogens is 6. The average Bonchev–Trinajstić information content (AvgIpc) is 3.94. The number of nitrogens with one attached hydrogen (secondary N) is 1. The topological polar surface area (TPSA) is 211 Å². The van der Waals surface area contributed by atoms with Gasteiger partial charge in [-0.05, 0) is 77.3 Å². The molecule has 0 amide bonds. The molecule has 4 aliphatic rings. The summed E-state index contributed by atoms with van der Waals surface area (Å²) in [6, 6.07) is 3.27. The van der Waals surface area contributed by atoms with Crippen LogP contribution in [-0.2, 0) is 49.8 Å². The fraction of sp³-hybridized carbons (Fsp3) is 0.588. The number of nitrogens with zero attached hydrogens (tertiary/aromatic N) is 5. The number of alkyl halides is 1. The normalized spacial score (nSPS) is 18.4. The average molecular weight is 840 g/mol. The second-order valence-corrected chi connectivity index (χ2v) is 19.8.